The maximum absolute atomic E-state index is 11.1. The zero-order chi connectivity index (χ0) is 10.3. The molecule has 0 spiro atoms. The van der Waals surface area contributed by atoms with Crippen LogP contribution in [0, 0.1) is 12.3 Å². The van der Waals surface area contributed by atoms with Gasteiger partial charge < -0.3 is 4.74 Å². The SMILES string of the molecule is C#CCN(CC(=O)OCC)C(C)C. The Balaban J connectivity index is 3.96. The quantitative estimate of drug-likeness (QED) is 0.468. The summed E-state index contributed by atoms with van der Waals surface area (Å²) >= 11 is 0. The molecule has 0 bridgehead atoms. The highest BCUT2D eigenvalue weighted by Gasteiger charge is 2.12. The Bertz CT molecular complexity index is 194. The third kappa shape index (κ3) is 5.26. The predicted octanol–water partition coefficient (Wildman–Crippen LogP) is 0.893. The van der Waals surface area contributed by atoms with E-state index < -0.39 is 0 Å². The first-order valence-corrected chi connectivity index (χ1v) is 4.45. The van der Waals surface area contributed by atoms with Gasteiger partial charge in [0, 0.05) is 6.04 Å². The number of ether oxygens (including phenoxy) is 1. The monoisotopic (exact) mass is 183 g/mol. The maximum Gasteiger partial charge on any atom is 0.320 e. The van der Waals surface area contributed by atoms with Gasteiger partial charge in [0.05, 0.1) is 19.7 Å². The number of carbonyl (C=O) groups excluding carboxylic acids is 1. The molecule has 0 saturated heterocycles. The highest BCUT2D eigenvalue weighted by atomic mass is 16.5. The van der Waals surface area contributed by atoms with E-state index in [9.17, 15) is 4.79 Å². The summed E-state index contributed by atoms with van der Waals surface area (Å²) in [6.45, 7) is 6.96. The average Bonchev–Trinajstić information content (AvgIpc) is 2.04. The van der Waals surface area contributed by atoms with Crippen LogP contribution < -0.4 is 0 Å². The van der Waals surface area contributed by atoms with E-state index in [1.807, 2.05) is 18.7 Å². The van der Waals surface area contributed by atoms with Crippen molar-refractivity contribution in [3.05, 3.63) is 0 Å². The number of terminal acetylenes is 1. The molecule has 0 aromatic rings. The lowest BCUT2D eigenvalue weighted by Gasteiger charge is -2.22. The fourth-order valence-electron chi connectivity index (χ4n) is 0.911. The van der Waals surface area contributed by atoms with Crippen LogP contribution in [-0.4, -0.2) is 36.6 Å². The molecule has 3 heteroatoms. The van der Waals surface area contributed by atoms with E-state index in [0.29, 0.717) is 13.2 Å². The summed E-state index contributed by atoms with van der Waals surface area (Å²) in [6.07, 6.45) is 5.17. The maximum atomic E-state index is 11.1. The van der Waals surface area contributed by atoms with Gasteiger partial charge >= 0.3 is 5.97 Å². The molecule has 0 saturated carbocycles. The molecular formula is C10H17NO2. The topological polar surface area (TPSA) is 29.5 Å². The summed E-state index contributed by atoms with van der Waals surface area (Å²) < 4.78 is 4.82. The number of nitrogens with zero attached hydrogens (tertiary/aromatic N) is 1. The van der Waals surface area contributed by atoms with Crippen molar-refractivity contribution in [3.8, 4) is 12.3 Å². The molecule has 0 aliphatic heterocycles. The first-order chi connectivity index (χ1) is 6.11. The number of esters is 1. The largest absolute Gasteiger partial charge is 0.465 e. The number of rotatable bonds is 5. The molecular weight excluding hydrogens is 166 g/mol. The van der Waals surface area contributed by atoms with Gasteiger partial charge in [-0.05, 0) is 20.8 Å². The van der Waals surface area contributed by atoms with Crippen molar-refractivity contribution in [3.63, 3.8) is 0 Å². The van der Waals surface area contributed by atoms with Gasteiger partial charge in [-0.25, -0.2) is 0 Å². The summed E-state index contributed by atoms with van der Waals surface area (Å²) in [7, 11) is 0. The molecule has 3 nitrogen and oxygen atoms in total. The van der Waals surface area contributed by atoms with Crippen LogP contribution in [0.1, 0.15) is 20.8 Å². The second-order valence-corrected chi connectivity index (χ2v) is 3.01. The molecule has 0 aliphatic rings. The molecule has 0 atom stereocenters. The first-order valence-electron chi connectivity index (χ1n) is 4.45. The van der Waals surface area contributed by atoms with Gasteiger partial charge in [0.25, 0.3) is 0 Å². The molecule has 0 N–H and O–H groups in total. The fraction of sp³-hybridized carbons (Fsp3) is 0.700. The van der Waals surface area contributed by atoms with Gasteiger partial charge in [0.1, 0.15) is 0 Å². The Hall–Kier alpha value is -1.01. The summed E-state index contributed by atoms with van der Waals surface area (Å²) in [5.41, 5.74) is 0. The lowest BCUT2D eigenvalue weighted by molar-refractivity contribution is -0.144. The second kappa shape index (κ2) is 6.50. The van der Waals surface area contributed by atoms with Gasteiger partial charge in [0.15, 0.2) is 0 Å². The van der Waals surface area contributed by atoms with E-state index in [2.05, 4.69) is 5.92 Å². The summed E-state index contributed by atoms with van der Waals surface area (Å²) in [5.74, 6) is 2.30. The van der Waals surface area contributed by atoms with E-state index in [4.69, 9.17) is 11.2 Å². The number of hydrogen-bond acceptors (Lipinski definition) is 3. The van der Waals surface area contributed by atoms with E-state index in [-0.39, 0.29) is 18.6 Å². The van der Waals surface area contributed by atoms with E-state index in [0.717, 1.165) is 0 Å². The Labute approximate surface area is 80.1 Å². The van der Waals surface area contributed by atoms with Crippen molar-refractivity contribution in [2.45, 2.75) is 26.8 Å². The third-order valence-electron chi connectivity index (χ3n) is 1.66. The zero-order valence-corrected chi connectivity index (χ0v) is 8.54. The Morgan fingerprint density at radius 2 is 2.23 bits per heavy atom. The molecule has 74 valence electrons. The zero-order valence-electron chi connectivity index (χ0n) is 8.54. The molecule has 0 aliphatic carbocycles. The van der Waals surface area contributed by atoms with Crippen molar-refractivity contribution >= 4 is 5.97 Å². The Morgan fingerprint density at radius 1 is 1.62 bits per heavy atom. The molecule has 0 heterocycles. The van der Waals surface area contributed by atoms with Crippen LogP contribution in [0.3, 0.4) is 0 Å². The van der Waals surface area contributed by atoms with Gasteiger partial charge in [0.2, 0.25) is 0 Å². The second-order valence-electron chi connectivity index (χ2n) is 3.01. The van der Waals surface area contributed by atoms with Crippen LogP contribution in [0.5, 0.6) is 0 Å². The summed E-state index contributed by atoms with van der Waals surface area (Å²) in [6, 6.07) is 0.264. The van der Waals surface area contributed by atoms with Crippen LogP contribution in [-0.2, 0) is 9.53 Å². The van der Waals surface area contributed by atoms with Crippen molar-refractivity contribution in [1.82, 2.24) is 4.90 Å². The van der Waals surface area contributed by atoms with Crippen LogP contribution >= 0.6 is 0 Å². The number of hydrogen-bond donors (Lipinski definition) is 0. The minimum Gasteiger partial charge on any atom is -0.465 e. The molecule has 0 unspecified atom stereocenters. The normalized spacial score (nSPS) is 10.2. The number of carbonyl (C=O) groups is 1. The summed E-state index contributed by atoms with van der Waals surface area (Å²) in [5, 5.41) is 0. The molecule has 0 rings (SSSR count). The van der Waals surface area contributed by atoms with Crippen molar-refractivity contribution < 1.29 is 9.53 Å². The van der Waals surface area contributed by atoms with E-state index >= 15 is 0 Å². The molecule has 0 fully saturated rings. The lowest BCUT2D eigenvalue weighted by atomic mass is 10.3. The van der Waals surface area contributed by atoms with E-state index in [1.54, 1.807) is 6.92 Å². The van der Waals surface area contributed by atoms with Crippen molar-refractivity contribution in [1.29, 1.82) is 0 Å². The molecule has 0 amide bonds. The Kier molecular flexibility index (Phi) is 5.99. The minimum absolute atomic E-state index is 0.216. The predicted molar refractivity (Wildman–Crippen MR) is 52.2 cm³/mol. The lowest BCUT2D eigenvalue weighted by Crippen LogP contribution is -2.36. The van der Waals surface area contributed by atoms with Crippen LogP contribution in [0.4, 0.5) is 0 Å². The molecule has 0 aromatic heterocycles. The third-order valence-corrected chi connectivity index (χ3v) is 1.66. The standard InChI is InChI=1S/C10H17NO2/c1-5-7-11(9(3)4)8-10(12)13-6-2/h1,9H,6-8H2,2-4H3. The van der Waals surface area contributed by atoms with E-state index in [1.165, 1.54) is 0 Å². The van der Waals surface area contributed by atoms with Gasteiger partial charge in [-0.15, -0.1) is 6.42 Å². The molecule has 13 heavy (non-hydrogen) atoms. The van der Waals surface area contributed by atoms with Crippen molar-refractivity contribution in [2.75, 3.05) is 19.7 Å². The van der Waals surface area contributed by atoms with Crippen LogP contribution in [0.2, 0.25) is 0 Å². The minimum atomic E-state index is -0.216. The molecule has 0 radical (unpaired) electrons. The highest BCUT2D eigenvalue weighted by molar-refractivity contribution is 5.71. The smallest absolute Gasteiger partial charge is 0.320 e. The molecule has 0 aromatic carbocycles. The van der Waals surface area contributed by atoms with Crippen LogP contribution in [0.25, 0.3) is 0 Å². The Morgan fingerprint density at radius 3 is 2.62 bits per heavy atom. The average molecular weight is 183 g/mol. The van der Waals surface area contributed by atoms with Gasteiger partial charge in [-0.2, -0.15) is 0 Å². The van der Waals surface area contributed by atoms with Gasteiger partial charge in [-0.1, -0.05) is 5.92 Å². The highest BCUT2D eigenvalue weighted by Crippen LogP contribution is 1.97. The first kappa shape index (κ1) is 12.0. The van der Waals surface area contributed by atoms with Crippen molar-refractivity contribution in [2.24, 2.45) is 0 Å². The summed E-state index contributed by atoms with van der Waals surface area (Å²) in [4.78, 5) is 13.0. The van der Waals surface area contributed by atoms with Crippen LogP contribution in [0.15, 0.2) is 0 Å². The van der Waals surface area contributed by atoms with Gasteiger partial charge in [-0.3, -0.25) is 9.69 Å². The fourth-order valence-corrected chi connectivity index (χ4v) is 0.911.